The smallest absolute Gasteiger partial charge is 0.00143 e. The van der Waals surface area contributed by atoms with Crippen molar-refractivity contribution in [2.24, 2.45) is 5.92 Å². The van der Waals surface area contributed by atoms with Crippen molar-refractivity contribution in [3.05, 3.63) is 36.0 Å². The lowest BCUT2D eigenvalue weighted by Gasteiger charge is -2.16. The van der Waals surface area contributed by atoms with E-state index in [9.17, 15) is 0 Å². The van der Waals surface area contributed by atoms with Crippen molar-refractivity contribution in [2.45, 2.75) is 26.7 Å². The summed E-state index contributed by atoms with van der Waals surface area (Å²) in [5, 5.41) is 0. The molecule has 0 saturated carbocycles. The molecule has 0 saturated heterocycles. The minimum atomic E-state index is 0.602. The van der Waals surface area contributed by atoms with Gasteiger partial charge in [-0.1, -0.05) is 42.9 Å². The molecule has 0 heterocycles. The maximum atomic E-state index is 4.05. The van der Waals surface area contributed by atoms with Crippen LogP contribution in [0.3, 0.4) is 0 Å². The molecule has 0 heteroatoms. The zero-order valence-corrected chi connectivity index (χ0v) is 7.43. The summed E-state index contributed by atoms with van der Waals surface area (Å²) < 4.78 is 0. The third-order valence-electron chi connectivity index (χ3n) is 2.21. The second-order valence-electron chi connectivity index (χ2n) is 3.17. The second-order valence-corrected chi connectivity index (χ2v) is 3.17. The molecule has 0 aromatic rings. The molecule has 1 unspecified atom stereocenters. The Labute approximate surface area is 69.3 Å². The van der Waals surface area contributed by atoms with Crippen molar-refractivity contribution >= 4 is 0 Å². The van der Waals surface area contributed by atoms with Gasteiger partial charge in [0.25, 0.3) is 0 Å². The van der Waals surface area contributed by atoms with Gasteiger partial charge < -0.3 is 0 Å². The molecule has 60 valence electrons. The molecule has 0 aromatic heterocycles. The van der Waals surface area contributed by atoms with Crippen molar-refractivity contribution in [1.29, 1.82) is 0 Å². The van der Waals surface area contributed by atoms with Gasteiger partial charge in [-0.15, -0.1) is 0 Å². The van der Waals surface area contributed by atoms with Crippen molar-refractivity contribution in [3.63, 3.8) is 0 Å². The van der Waals surface area contributed by atoms with Gasteiger partial charge in [0.2, 0.25) is 0 Å². The quantitative estimate of drug-likeness (QED) is 0.526. The van der Waals surface area contributed by atoms with E-state index in [-0.39, 0.29) is 0 Å². The maximum absolute atomic E-state index is 4.05. The average molecular weight is 148 g/mol. The summed E-state index contributed by atoms with van der Waals surface area (Å²) in [4.78, 5) is 0. The molecule has 1 rings (SSSR count). The van der Waals surface area contributed by atoms with Crippen LogP contribution >= 0.6 is 0 Å². The van der Waals surface area contributed by atoms with E-state index >= 15 is 0 Å². The summed E-state index contributed by atoms with van der Waals surface area (Å²) in [5.41, 5.74) is 2.73. The van der Waals surface area contributed by atoms with Crippen molar-refractivity contribution in [1.82, 2.24) is 0 Å². The summed E-state index contributed by atoms with van der Waals surface area (Å²) in [6.45, 7) is 8.37. The highest BCUT2D eigenvalue weighted by molar-refractivity contribution is 5.26. The first-order chi connectivity index (χ1) is 5.24. The zero-order chi connectivity index (χ0) is 8.27. The predicted octanol–water partition coefficient (Wildman–Crippen LogP) is 3.48. The number of hydrogen-bond acceptors (Lipinski definition) is 0. The van der Waals surface area contributed by atoms with E-state index in [1.54, 1.807) is 0 Å². The van der Waals surface area contributed by atoms with Crippen LogP contribution in [0.25, 0.3) is 0 Å². The topological polar surface area (TPSA) is 0 Å². The van der Waals surface area contributed by atoms with Crippen molar-refractivity contribution in [2.75, 3.05) is 0 Å². The van der Waals surface area contributed by atoms with Gasteiger partial charge in [0, 0.05) is 5.92 Å². The molecule has 0 fully saturated rings. The fourth-order valence-electron chi connectivity index (χ4n) is 1.39. The van der Waals surface area contributed by atoms with Gasteiger partial charge in [-0.2, -0.15) is 0 Å². The Kier molecular flexibility index (Phi) is 2.70. The summed E-state index contributed by atoms with van der Waals surface area (Å²) in [6.07, 6.45) is 8.97. The highest BCUT2D eigenvalue weighted by atomic mass is 14.1. The summed E-state index contributed by atoms with van der Waals surface area (Å²) in [5.74, 6) is 0.602. The van der Waals surface area contributed by atoms with E-state index in [1.807, 2.05) is 0 Å². The molecule has 0 aromatic carbocycles. The van der Waals surface area contributed by atoms with Crippen molar-refractivity contribution in [3.8, 4) is 0 Å². The van der Waals surface area contributed by atoms with E-state index in [2.05, 4.69) is 38.7 Å². The lowest BCUT2D eigenvalue weighted by molar-refractivity contribution is 0.730. The Balaban J connectivity index is 2.63. The molecular weight excluding hydrogens is 132 g/mol. The Bertz CT molecular complexity index is 206. The summed E-state index contributed by atoms with van der Waals surface area (Å²) in [7, 11) is 0. The van der Waals surface area contributed by atoms with Gasteiger partial charge in [-0.3, -0.25) is 0 Å². The molecule has 0 aliphatic heterocycles. The maximum Gasteiger partial charge on any atom is 0.00143 e. The minimum Gasteiger partial charge on any atom is -0.0993 e. The first-order valence-corrected chi connectivity index (χ1v) is 4.26. The van der Waals surface area contributed by atoms with Crippen LogP contribution in [0, 0.1) is 5.92 Å². The molecule has 1 aliphatic carbocycles. The predicted molar refractivity (Wildman–Crippen MR) is 50.4 cm³/mol. The Morgan fingerprint density at radius 3 is 3.00 bits per heavy atom. The summed E-state index contributed by atoms with van der Waals surface area (Å²) in [6, 6.07) is 0. The zero-order valence-electron chi connectivity index (χ0n) is 7.43. The van der Waals surface area contributed by atoms with E-state index in [4.69, 9.17) is 0 Å². The Hall–Kier alpha value is -0.780. The highest BCUT2D eigenvalue weighted by Gasteiger charge is 2.08. The molecule has 11 heavy (non-hydrogen) atoms. The molecule has 1 atom stereocenters. The highest BCUT2D eigenvalue weighted by Crippen LogP contribution is 2.24. The van der Waals surface area contributed by atoms with Gasteiger partial charge >= 0.3 is 0 Å². The number of rotatable bonds is 2. The van der Waals surface area contributed by atoms with E-state index in [1.165, 1.54) is 11.1 Å². The Morgan fingerprint density at radius 2 is 2.45 bits per heavy atom. The molecule has 1 aliphatic rings. The van der Waals surface area contributed by atoms with Gasteiger partial charge in [-0.05, 0) is 19.8 Å². The number of allylic oxidation sites excluding steroid dienone is 5. The molecule has 0 nitrogen and oxygen atoms in total. The van der Waals surface area contributed by atoms with E-state index in [0.29, 0.717) is 5.92 Å². The van der Waals surface area contributed by atoms with Crippen LogP contribution in [0.4, 0.5) is 0 Å². The fraction of sp³-hybridized carbons (Fsp3) is 0.455. The first-order valence-electron chi connectivity index (χ1n) is 4.26. The minimum absolute atomic E-state index is 0.602. The van der Waals surface area contributed by atoms with Crippen LogP contribution in [0.2, 0.25) is 0 Å². The van der Waals surface area contributed by atoms with Crippen molar-refractivity contribution < 1.29 is 0 Å². The molecule has 0 bridgehead atoms. The molecule has 0 spiro atoms. The van der Waals surface area contributed by atoms with Crippen LogP contribution in [-0.2, 0) is 0 Å². The largest absolute Gasteiger partial charge is 0.0993 e. The molecule has 0 radical (unpaired) electrons. The van der Waals surface area contributed by atoms with Crippen LogP contribution < -0.4 is 0 Å². The third-order valence-corrected chi connectivity index (χ3v) is 2.21. The Morgan fingerprint density at radius 1 is 1.73 bits per heavy atom. The van der Waals surface area contributed by atoms with Crippen LogP contribution in [0.1, 0.15) is 26.7 Å². The number of hydrogen-bond donors (Lipinski definition) is 0. The third kappa shape index (κ3) is 2.07. The van der Waals surface area contributed by atoms with Gasteiger partial charge in [-0.25, -0.2) is 0 Å². The normalized spacial score (nSPS) is 23.1. The van der Waals surface area contributed by atoms with Gasteiger partial charge in [0.05, 0.1) is 0 Å². The SMILES string of the molecule is C=C(CC)C1C=C(C)C=CC1. The second kappa shape index (κ2) is 3.56. The van der Waals surface area contributed by atoms with Gasteiger partial charge in [0.15, 0.2) is 0 Å². The standard InChI is InChI=1S/C11H16/c1-4-10(3)11-7-5-6-9(2)8-11/h5-6,8,11H,3-4,7H2,1-2H3. The van der Waals surface area contributed by atoms with Crippen LogP contribution in [-0.4, -0.2) is 0 Å². The summed E-state index contributed by atoms with van der Waals surface area (Å²) >= 11 is 0. The molecule has 0 N–H and O–H groups in total. The van der Waals surface area contributed by atoms with Gasteiger partial charge in [0.1, 0.15) is 0 Å². The van der Waals surface area contributed by atoms with Crippen LogP contribution in [0.15, 0.2) is 36.0 Å². The van der Waals surface area contributed by atoms with Crippen LogP contribution in [0.5, 0.6) is 0 Å². The lowest BCUT2D eigenvalue weighted by atomic mass is 9.89. The lowest BCUT2D eigenvalue weighted by Crippen LogP contribution is -2.01. The molecular formula is C11H16. The monoisotopic (exact) mass is 148 g/mol. The molecule has 0 amide bonds. The first kappa shape index (κ1) is 8.32. The fourth-order valence-corrected chi connectivity index (χ4v) is 1.39. The average Bonchev–Trinajstić information content (AvgIpc) is 2.03. The van der Waals surface area contributed by atoms with E-state index in [0.717, 1.165) is 12.8 Å². The van der Waals surface area contributed by atoms with E-state index < -0.39 is 0 Å².